The van der Waals surface area contributed by atoms with Crippen LogP contribution in [0, 0.1) is 5.92 Å². The highest BCUT2D eigenvalue weighted by Gasteiger charge is 2.43. The normalized spacial score (nSPS) is 37.1. The van der Waals surface area contributed by atoms with Crippen molar-refractivity contribution in [3.8, 4) is 0 Å². The van der Waals surface area contributed by atoms with Gasteiger partial charge in [-0.25, -0.2) is 0 Å². The van der Waals surface area contributed by atoms with Crippen molar-refractivity contribution in [3.63, 3.8) is 0 Å². The van der Waals surface area contributed by atoms with Gasteiger partial charge < -0.3 is 4.90 Å². The van der Waals surface area contributed by atoms with Crippen LogP contribution in [0.4, 0.5) is 0 Å². The second-order valence-corrected chi connectivity index (χ2v) is 4.62. The SMILES string of the molecule is C[C@H]1CN(C)C2(CCCC2)C1. The van der Waals surface area contributed by atoms with Crippen LogP contribution in [0.2, 0.25) is 0 Å². The molecule has 1 aliphatic heterocycles. The zero-order chi connectivity index (χ0) is 7.90. The summed E-state index contributed by atoms with van der Waals surface area (Å²) in [6.07, 6.45) is 7.33. The highest BCUT2D eigenvalue weighted by Crippen LogP contribution is 2.43. The fourth-order valence-electron chi connectivity index (χ4n) is 3.15. The van der Waals surface area contributed by atoms with Crippen molar-refractivity contribution < 1.29 is 0 Å². The largest absolute Gasteiger partial charge is 0.300 e. The molecule has 1 spiro atoms. The fraction of sp³-hybridized carbons (Fsp3) is 1.00. The van der Waals surface area contributed by atoms with E-state index in [0.717, 1.165) is 5.92 Å². The van der Waals surface area contributed by atoms with Gasteiger partial charge >= 0.3 is 0 Å². The Morgan fingerprint density at radius 3 is 2.36 bits per heavy atom. The zero-order valence-electron chi connectivity index (χ0n) is 7.77. The Labute approximate surface area is 69.8 Å². The first-order chi connectivity index (χ1) is 5.23. The molecule has 0 bridgehead atoms. The third kappa shape index (κ3) is 1.10. The molecule has 0 radical (unpaired) electrons. The lowest BCUT2D eigenvalue weighted by Gasteiger charge is -2.31. The van der Waals surface area contributed by atoms with Crippen molar-refractivity contribution >= 4 is 0 Å². The first kappa shape index (κ1) is 7.60. The van der Waals surface area contributed by atoms with E-state index in [9.17, 15) is 0 Å². The molecule has 0 N–H and O–H groups in total. The van der Waals surface area contributed by atoms with Gasteiger partial charge in [0.05, 0.1) is 0 Å². The maximum absolute atomic E-state index is 2.62. The topological polar surface area (TPSA) is 3.24 Å². The summed E-state index contributed by atoms with van der Waals surface area (Å²) in [5.74, 6) is 0.943. The summed E-state index contributed by atoms with van der Waals surface area (Å²) in [5, 5.41) is 0. The molecule has 0 unspecified atom stereocenters. The first-order valence-corrected chi connectivity index (χ1v) is 4.94. The maximum Gasteiger partial charge on any atom is 0.0209 e. The number of hydrogen-bond donors (Lipinski definition) is 0. The molecule has 64 valence electrons. The van der Waals surface area contributed by atoms with Gasteiger partial charge in [0, 0.05) is 12.1 Å². The van der Waals surface area contributed by atoms with E-state index in [-0.39, 0.29) is 0 Å². The molecule has 1 nitrogen and oxygen atoms in total. The van der Waals surface area contributed by atoms with Gasteiger partial charge in [-0.05, 0) is 32.2 Å². The molecular formula is C10H19N. The predicted molar refractivity (Wildman–Crippen MR) is 47.6 cm³/mol. The van der Waals surface area contributed by atoms with E-state index in [1.807, 2.05) is 0 Å². The standard InChI is InChI=1S/C10H19N/c1-9-7-10(11(2)8-9)5-3-4-6-10/h9H,3-8H2,1-2H3/t9-/m1/s1. The van der Waals surface area contributed by atoms with Gasteiger partial charge in [-0.3, -0.25) is 0 Å². The Hall–Kier alpha value is -0.0400. The third-order valence-corrected chi connectivity index (χ3v) is 3.66. The van der Waals surface area contributed by atoms with Crippen molar-refractivity contribution in [2.45, 2.75) is 44.6 Å². The minimum atomic E-state index is 0.652. The molecule has 0 aromatic rings. The van der Waals surface area contributed by atoms with Gasteiger partial charge in [-0.2, -0.15) is 0 Å². The molecule has 1 atom stereocenters. The van der Waals surface area contributed by atoms with Crippen LogP contribution in [0.25, 0.3) is 0 Å². The zero-order valence-corrected chi connectivity index (χ0v) is 7.77. The molecule has 1 aliphatic carbocycles. The van der Waals surface area contributed by atoms with Crippen LogP contribution in [0.5, 0.6) is 0 Å². The lowest BCUT2D eigenvalue weighted by Crippen LogP contribution is -2.37. The van der Waals surface area contributed by atoms with Crippen molar-refractivity contribution in [3.05, 3.63) is 0 Å². The molecule has 1 heterocycles. The molecule has 11 heavy (non-hydrogen) atoms. The molecule has 0 amide bonds. The number of likely N-dealkylation sites (tertiary alicyclic amines) is 1. The van der Waals surface area contributed by atoms with Crippen LogP contribution in [-0.2, 0) is 0 Å². The summed E-state index contributed by atoms with van der Waals surface area (Å²) in [5.41, 5.74) is 0.652. The van der Waals surface area contributed by atoms with Gasteiger partial charge in [0.25, 0.3) is 0 Å². The van der Waals surface area contributed by atoms with Crippen molar-refractivity contribution in [1.82, 2.24) is 4.90 Å². The highest BCUT2D eigenvalue weighted by molar-refractivity contribution is 4.99. The van der Waals surface area contributed by atoms with Crippen LogP contribution in [0.1, 0.15) is 39.0 Å². The van der Waals surface area contributed by atoms with Crippen molar-refractivity contribution in [2.24, 2.45) is 5.92 Å². The Bertz CT molecular complexity index is 147. The van der Waals surface area contributed by atoms with E-state index in [4.69, 9.17) is 0 Å². The summed E-state index contributed by atoms with van der Waals surface area (Å²) in [4.78, 5) is 2.62. The van der Waals surface area contributed by atoms with E-state index in [1.54, 1.807) is 0 Å². The molecule has 2 aliphatic rings. The number of hydrogen-bond acceptors (Lipinski definition) is 1. The smallest absolute Gasteiger partial charge is 0.0209 e. The average Bonchev–Trinajstić information content (AvgIpc) is 2.45. The van der Waals surface area contributed by atoms with Crippen molar-refractivity contribution in [2.75, 3.05) is 13.6 Å². The molecule has 1 saturated carbocycles. The summed E-state index contributed by atoms with van der Waals surface area (Å²) in [6.45, 7) is 3.73. The molecule has 0 aromatic heterocycles. The maximum atomic E-state index is 2.62. The van der Waals surface area contributed by atoms with Gasteiger partial charge in [0.1, 0.15) is 0 Å². The van der Waals surface area contributed by atoms with Crippen LogP contribution < -0.4 is 0 Å². The van der Waals surface area contributed by atoms with Crippen LogP contribution in [0.15, 0.2) is 0 Å². The van der Waals surface area contributed by atoms with Crippen molar-refractivity contribution in [1.29, 1.82) is 0 Å². The molecule has 2 fully saturated rings. The van der Waals surface area contributed by atoms with Gasteiger partial charge in [0.2, 0.25) is 0 Å². The Morgan fingerprint density at radius 2 is 1.91 bits per heavy atom. The predicted octanol–water partition coefficient (Wildman–Crippen LogP) is 2.27. The minimum Gasteiger partial charge on any atom is -0.300 e. The van der Waals surface area contributed by atoms with Crippen LogP contribution in [-0.4, -0.2) is 24.0 Å². The highest BCUT2D eigenvalue weighted by atomic mass is 15.2. The average molecular weight is 153 g/mol. The van der Waals surface area contributed by atoms with Crippen LogP contribution >= 0.6 is 0 Å². The number of rotatable bonds is 0. The fourth-order valence-corrected chi connectivity index (χ4v) is 3.15. The lowest BCUT2D eigenvalue weighted by atomic mass is 9.91. The summed E-state index contributed by atoms with van der Waals surface area (Å²) >= 11 is 0. The molecule has 0 aromatic carbocycles. The van der Waals surface area contributed by atoms with Crippen LogP contribution in [0.3, 0.4) is 0 Å². The monoisotopic (exact) mass is 153 g/mol. The Balaban J connectivity index is 2.12. The van der Waals surface area contributed by atoms with Gasteiger partial charge in [-0.15, -0.1) is 0 Å². The second-order valence-electron chi connectivity index (χ2n) is 4.62. The summed E-state index contributed by atoms with van der Waals surface area (Å²) in [6, 6.07) is 0. The molecule has 2 rings (SSSR count). The Kier molecular flexibility index (Phi) is 1.71. The summed E-state index contributed by atoms with van der Waals surface area (Å²) < 4.78 is 0. The lowest BCUT2D eigenvalue weighted by molar-refractivity contribution is 0.180. The van der Waals surface area contributed by atoms with E-state index < -0.39 is 0 Å². The minimum absolute atomic E-state index is 0.652. The molecular weight excluding hydrogens is 134 g/mol. The molecule has 1 saturated heterocycles. The van der Waals surface area contributed by atoms with E-state index in [2.05, 4.69) is 18.9 Å². The third-order valence-electron chi connectivity index (χ3n) is 3.66. The second kappa shape index (κ2) is 2.48. The van der Waals surface area contributed by atoms with Gasteiger partial charge in [-0.1, -0.05) is 19.8 Å². The first-order valence-electron chi connectivity index (χ1n) is 4.94. The quantitative estimate of drug-likeness (QED) is 0.516. The Morgan fingerprint density at radius 1 is 1.27 bits per heavy atom. The van der Waals surface area contributed by atoms with E-state index in [0.29, 0.717) is 5.54 Å². The van der Waals surface area contributed by atoms with E-state index in [1.165, 1.54) is 38.6 Å². The molecule has 1 heteroatoms. The van der Waals surface area contributed by atoms with E-state index >= 15 is 0 Å². The summed E-state index contributed by atoms with van der Waals surface area (Å²) in [7, 11) is 2.31. The van der Waals surface area contributed by atoms with Gasteiger partial charge in [0.15, 0.2) is 0 Å². The number of nitrogens with zero attached hydrogens (tertiary/aromatic N) is 1.